The Hall–Kier alpha value is -3.31. The predicted octanol–water partition coefficient (Wildman–Crippen LogP) is 4.69. The standard InChI is InChI=1S/C22H19ClN2O3/c1-27-20-12-9-17(14-24-25-22(26)18-5-3-2-4-6-18)13-21(20)28-15-16-7-10-19(23)11-8-16/h2-14H,15H2,1H3,(H,25,26). The van der Waals surface area contributed by atoms with Gasteiger partial charge in [-0.25, -0.2) is 5.43 Å². The van der Waals surface area contributed by atoms with Crippen molar-refractivity contribution in [1.82, 2.24) is 5.43 Å². The van der Waals surface area contributed by atoms with Gasteiger partial charge in [0, 0.05) is 10.6 Å². The van der Waals surface area contributed by atoms with Gasteiger partial charge in [0.05, 0.1) is 13.3 Å². The molecular formula is C22H19ClN2O3. The highest BCUT2D eigenvalue weighted by atomic mass is 35.5. The van der Waals surface area contributed by atoms with Crippen molar-refractivity contribution in [3.8, 4) is 11.5 Å². The van der Waals surface area contributed by atoms with Crippen LogP contribution in [0.15, 0.2) is 77.9 Å². The molecule has 0 aliphatic carbocycles. The number of rotatable bonds is 7. The molecule has 5 nitrogen and oxygen atoms in total. The number of methoxy groups -OCH3 is 1. The maximum atomic E-state index is 12.0. The lowest BCUT2D eigenvalue weighted by Crippen LogP contribution is -2.17. The number of hydrogen-bond donors (Lipinski definition) is 1. The Kier molecular flexibility index (Phi) is 6.65. The topological polar surface area (TPSA) is 59.9 Å². The third-order valence-corrected chi connectivity index (χ3v) is 4.16. The number of ether oxygens (including phenoxy) is 2. The zero-order valence-electron chi connectivity index (χ0n) is 15.3. The van der Waals surface area contributed by atoms with Gasteiger partial charge in [-0.3, -0.25) is 4.79 Å². The van der Waals surface area contributed by atoms with E-state index in [0.717, 1.165) is 11.1 Å². The first-order chi connectivity index (χ1) is 13.7. The summed E-state index contributed by atoms with van der Waals surface area (Å²) >= 11 is 5.90. The van der Waals surface area contributed by atoms with Crippen molar-refractivity contribution in [2.45, 2.75) is 6.61 Å². The van der Waals surface area contributed by atoms with Gasteiger partial charge < -0.3 is 9.47 Å². The van der Waals surface area contributed by atoms with E-state index in [2.05, 4.69) is 10.5 Å². The van der Waals surface area contributed by atoms with E-state index < -0.39 is 0 Å². The molecule has 3 rings (SSSR count). The van der Waals surface area contributed by atoms with Crippen LogP contribution in [0.1, 0.15) is 21.5 Å². The fraction of sp³-hybridized carbons (Fsp3) is 0.0909. The molecule has 1 N–H and O–H groups in total. The van der Waals surface area contributed by atoms with Crippen molar-refractivity contribution in [3.05, 3.63) is 94.5 Å². The van der Waals surface area contributed by atoms with Crippen LogP contribution in [-0.4, -0.2) is 19.2 Å². The number of hydrazone groups is 1. The van der Waals surface area contributed by atoms with E-state index in [-0.39, 0.29) is 5.91 Å². The van der Waals surface area contributed by atoms with Crippen LogP contribution >= 0.6 is 11.6 Å². The minimum atomic E-state index is -0.274. The van der Waals surface area contributed by atoms with Gasteiger partial charge in [0.2, 0.25) is 0 Å². The second kappa shape index (κ2) is 9.58. The zero-order valence-corrected chi connectivity index (χ0v) is 16.0. The van der Waals surface area contributed by atoms with Crippen LogP contribution < -0.4 is 14.9 Å². The molecule has 0 aliphatic rings. The number of hydrogen-bond acceptors (Lipinski definition) is 4. The zero-order chi connectivity index (χ0) is 19.8. The lowest BCUT2D eigenvalue weighted by Gasteiger charge is -2.11. The van der Waals surface area contributed by atoms with E-state index >= 15 is 0 Å². The minimum absolute atomic E-state index is 0.274. The highest BCUT2D eigenvalue weighted by Crippen LogP contribution is 2.28. The third kappa shape index (κ3) is 5.34. The molecule has 0 spiro atoms. The Labute approximate surface area is 168 Å². The van der Waals surface area contributed by atoms with E-state index in [0.29, 0.717) is 28.7 Å². The summed E-state index contributed by atoms with van der Waals surface area (Å²) in [6.45, 7) is 0.374. The van der Waals surface area contributed by atoms with Crippen molar-refractivity contribution >= 4 is 23.7 Å². The van der Waals surface area contributed by atoms with Crippen molar-refractivity contribution in [3.63, 3.8) is 0 Å². The van der Waals surface area contributed by atoms with Crippen LogP contribution in [0, 0.1) is 0 Å². The van der Waals surface area contributed by atoms with Gasteiger partial charge in [-0.2, -0.15) is 5.10 Å². The lowest BCUT2D eigenvalue weighted by molar-refractivity contribution is 0.0955. The van der Waals surface area contributed by atoms with Gasteiger partial charge in [0.25, 0.3) is 5.91 Å². The first-order valence-corrected chi connectivity index (χ1v) is 8.97. The second-order valence-electron chi connectivity index (χ2n) is 5.89. The molecule has 0 unspecified atom stereocenters. The Morgan fingerprint density at radius 1 is 1.04 bits per heavy atom. The van der Waals surface area contributed by atoms with Crippen molar-refractivity contribution in [2.24, 2.45) is 5.10 Å². The molecule has 0 saturated heterocycles. The number of nitrogens with zero attached hydrogens (tertiary/aromatic N) is 1. The fourth-order valence-corrected chi connectivity index (χ4v) is 2.57. The monoisotopic (exact) mass is 394 g/mol. The van der Waals surface area contributed by atoms with Crippen molar-refractivity contribution in [1.29, 1.82) is 0 Å². The molecule has 3 aromatic rings. The molecule has 0 aliphatic heterocycles. The summed E-state index contributed by atoms with van der Waals surface area (Å²) in [4.78, 5) is 12.0. The number of carbonyl (C=O) groups is 1. The van der Waals surface area contributed by atoms with E-state index in [1.54, 1.807) is 49.7 Å². The normalized spacial score (nSPS) is 10.6. The number of nitrogens with one attached hydrogen (secondary N) is 1. The maximum absolute atomic E-state index is 12.0. The van der Waals surface area contributed by atoms with Gasteiger partial charge >= 0.3 is 0 Å². The third-order valence-electron chi connectivity index (χ3n) is 3.91. The van der Waals surface area contributed by atoms with Crippen molar-refractivity contribution in [2.75, 3.05) is 7.11 Å². The van der Waals surface area contributed by atoms with Crippen LogP contribution in [0.5, 0.6) is 11.5 Å². The van der Waals surface area contributed by atoms with Gasteiger partial charge in [0.15, 0.2) is 11.5 Å². The van der Waals surface area contributed by atoms with Crippen LogP contribution in [0.4, 0.5) is 0 Å². The Morgan fingerprint density at radius 2 is 1.79 bits per heavy atom. The first-order valence-electron chi connectivity index (χ1n) is 8.59. The summed E-state index contributed by atoms with van der Waals surface area (Å²) in [7, 11) is 1.58. The summed E-state index contributed by atoms with van der Waals surface area (Å²) in [6, 6.07) is 21.7. The molecule has 0 fully saturated rings. The number of benzene rings is 3. The van der Waals surface area contributed by atoms with E-state index in [1.165, 1.54) is 0 Å². The minimum Gasteiger partial charge on any atom is -0.493 e. The average molecular weight is 395 g/mol. The molecule has 0 atom stereocenters. The van der Waals surface area contributed by atoms with E-state index in [1.807, 2.05) is 36.4 Å². The van der Waals surface area contributed by atoms with Gasteiger partial charge in [-0.05, 0) is 53.6 Å². The largest absolute Gasteiger partial charge is 0.493 e. The molecule has 0 aromatic heterocycles. The maximum Gasteiger partial charge on any atom is 0.271 e. The highest BCUT2D eigenvalue weighted by Gasteiger charge is 2.06. The van der Waals surface area contributed by atoms with Gasteiger partial charge in [-0.15, -0.1) is 0 Å². The molecular weight excluding hydrogens is 376 g/mol. The molecule has 3 aromatic carbocycles. The van der Waals surface area contributed by atoms with Crippen LogP contribution in [0.3, 0.4) is 0 Å². The summed E-state index contributed by atoms with van der Waals surface area (Å²) in [6.07, 6.45) is 1.55. The Bertz CT molecular complexity index is 957. The summed E-state index contributed by atoms with van der Waals surface area (Å²) in [5, 5.41) is 4.68. The number of amides is 1. The van der Waals surface area contributed by atoms with Crippen LogP contribution in [0.2, 0.25) is 5.02 Å². The molecule has 142 valence electrons. The van der Waals surface area contributed by atoms with Gasteiger partial charge in [0.1, 0.15) is 6.61 Å². The quantitative estimate of drug-likeness (QED) is 0.467. The first kappa shape index (κ1) is 19.5. The van der Waals surface area contributed by atoms with E-state index in [9.17, 15) is 4.79 Å². The summed E-state index contributed by atoms with van der Waals surface area (Å²) < 4.78 is 11.2. The summed E-state index contributed by atoms with van der Waals surface area (Å²) in [5.74, 6) is 0.916. The Balaban J connectivity index is 1.66. The SMILES string of the molecule is COc1ccc(C=NNC(=O)c2ccccc2)cc1OCc1ccc(Cl)cc1. The van der Waals surface area contributed by atoms with E-state index in [4.69, 9.17) is 21.1 Å². The molecule has 28 heavy (non-hydrogen) atoms. The molecule has 0 heterocycles. The molecule has 0 radical (unpaired) electrons. The smallest absolute Gasteiger partial charge is 0.271 e. The molecule has 0 saturated carbocycles. The van der Waals surface area contributed by atoms with Crippen LogP contribution in [0.25, 0.3) is 0 Å². The number of carbonyl (C=O) groups excluding carboxylic acids is 1. The average Bonchev–Trinajstić information content (AvgIpc) is 2.74. The summed E-state index contributed by atoms with van der Waals surface area (Å²) in [5.41, 5.74) is 4.80. The Morgan fingerprint density at radius 3 is 2.50 bits per heavy atom. The van der Waals surface area contributed by atoms with Crippen LogP contribution in [-0.2, 0) is 6.61 Å². The highest BCUT2D eigenvalue weighted by molar-refractivity contribution is 6.30. The molecule has 6 heteroatoms. The predicted molar refractivity (Wildman–Crippen MR) is 110 cm³/mol. The second-order valence-corrected chi connectivity index (χ2v) is 6.33. The van der Waals surface area contributed by atoms with Crippen molar-refractivity contribution < 1.29 is 14.3 Å². The lowest BCUT2D eigenvalue weighted by atomic mass is 10.2. The fourth-order valence-electron chi connectivity index (χ4n) is 2.45. The van der Waals surface area contributed by atoms with Gasteiger partial charge in [-0.1, -0.05) is 41.9 Å². The number of halogens is 1. The molecule has 0 bridgehead atoms. The molecule has 1 amide bonds.